The molecule has 0 aromatic carbocycles. The number of carbonyl (C=O) groups is 1. The first kappa shape index (κ1) is 34.8. The number of allylic oxidation sites excluding steroid dienone is 4. The van der Waals surface area contributed by atoms with Crippen LogP contribution in [0.1, 0.15) is 170 Å². The fraction of sp³-hybridized carbons (Fsp3) is 0.857. The topological polar surface area (TPSA) is 46.5 Å². The molecule has 0 amide bonds. The second kappa shape index (κ2) is 18.2. The van der Waals surface area contributed by atoms with Crippen LogP contribution in [0.4, 0.5) is 0 Å². The molecule has 0 saturated heterocycles. The summed E-state index contributed by atoms with van der Waals surface area (Å²) in [6.45, 7) is 16.1. The van der Waals surface area contributed by atoms with E-state index in [1.165, 1.54) is 95.5 Å². The molecule has 1 aliphatic carbocycles. The SMILES string of the molecule is CCCCCCCCCCCCCCCCCCOC(=O)CCC1=CC=C(O)C(C(C)(C)C)(C(C)(C)C)C1. The van der Waals surface area contributed by atoms with Crippen molar-refractivity contribution in [3.05, 3.63) is 23.5 Å². The van der Waals surface area contributed by atoms with Crippen molar-refractivity contribution in [2.45, 2.75) is 170 Å². The third-order valence-corrected chi connectivity index (χ3v) is 8.88. The van der Waals surface area contributed by atoms with E-state index in [1.54, 1.807) is 0 Å². The maximum absolute atomic E-state index is 12.4. The lowest BCUT2D eigenvalue weighted by Crippen LogP contribution is -2.49. The molecule has 1 rings (SSSR count). The molecule has 0 saturated carbocycles. The Kier molecular flexibility index (Phi) is 16.6. The van der Waals surface area contributed by atoms with Crippen molar-refractivity contribution in [3.8, 4) is 0 Å². The first-order valence-electron chi connectivity index (χ1n) is 16.2. The summed E-state index contributed by atoms with van der Waals surface area (Å²) < 4.78 is 5.53. The molecular weight excluding hydrogens is 468 g/mol. The molecule has 0 radical (unpaired) electrons. The van der Waals surface area contributed by atoms with Crippen LogP contribution >= 0.6 is 0 Å². The number of esters is 1. The smallest absolute Gasteiger partial charge is 0.306 e. The Morgan fingerprint density at radius 1 is 0.737 bits per heavy atom. The summed E-state index contributed by atoms with van der Waals surface area (Å²) in [5, 5.41) is 10.9. The first-order valence-corrected chi connectivity index (χ1v) is 16.2. The van der Waals surface area contributed by atoms with Crippen LogP contribution in [0, 0.1) is 16.2 Å². The van der Waals surface area contributed by atoms with E-state index in [-0.39, 0.29) is 22.2 Å². The number of hydrogen-bond acceptors (Lipinski definition) is 3. The highest BCUT2D eigenvalue weighted by atomic mass is 16.5. The second-order valence-corrected chi connectivity index (χ2v) is 14.0. The second-order valence-electron chi connectivity index (χ2n) is 14.0. The van der Waals surface area contributed by atoms with E-state index in [9.17, 15) is 9.90 Å². The number of unbranched alkanes of at least 4 members (excludes halogenated alkanes) is 15. The maximum Gasteiger partial charge on any atom is 0.306 e. The molecule has 0 fully saturated rings. The van der Waals surface area contributed by atoms with Crippen molar-refractivity contribution in [1.82, 2.24) is 0 Å². The van der Waals surface area contributed by atoms with Crippen molar-refractivity contribution in [2.75, 3.05) is 6.61 Å². The number of carbonyl (C=O) groups excluding carboxylic acids is 1. The van der Waals surface area contributed by atoms with E-state index in [4.69, 9.17) is 4.74 Å². The minimum atomic E-state index is -0.346. The minimum absolute atomic E-state index is 0.0947. The van der Waals surface area contributed by atoms with Crippen molar-refractivity contribution in [2.24, 2.45) is 16.2 Å². The standard InChI is InChI=1S/C35H64O3/c1-8-9-10-11-12-13-14-15-16-17-18-19-20-21-22-23-28-38-32(37)27-25-30-24-26-31(36)35(29-30,33(2,3)4)34(5,6)7/h24,26,36H,8-23,25,27-29H2,1-7H3. The number of aliphatic hydroxyl groups is 1. The fourth-order valence-corrected chi connectivity index (χ4v) is 6.60. The van der Waals surface area contributed by atoms with Gasteiger partial charge in [-0.15, -0.1) is 0 Å². The summed E-state index contributed by atoms with van der Waals surface area (Å²) in [6.07, 6.45) is 27.3. The van der Waals surface area contributed by atoms with Gasteiger partial charge in [-0.1, -0.05) is 156 Å². The average Bonchev–Trinajstić information content (AvgIpc) is 2.84. The van der Waals surface area contributed by atoms with Crippen LogP contribution in [0.2, 0.25) is 0 Å². The molecule has 38 heavy (non-hydrogen) atoms. The molecule has 0 aromatic rings. The Hall–Kier alpha value is -1.25. The average molecular weight is 533 g/mol. The third kappa shape index (κ3) is 12.3. The summed E-state index contributed by atoms with van der Waals surface area (Å²) in [5.74, 6) is 0.370. The zero-order valence-electron chi connectivity index (χ0n) is 26.6. The monoisotopic (exact) mass is 532 g/mol. The van der Waals surface area contributed by atoms with Crippen molar-refractivity contribution in [1.29, 1.82) is 0 Å². The largest absolute Gasteiger partial charge is 0.512 e. The summed E-state index contributed by atoms with van der Waals surface area (Å²) in [7, 11) is 0. The normalized spacial score (nSPS) is 15.8. The molecule has 3 nitrogen and oxygen atoms in total. The van der Waals surface area contributed by atoms with Gasteiger partial charge < -0.3 is 9.84 Å². The minimum Gasteiger partial charge on any atom is -0.512 e. The third-order valence-electron chi connectivity index (χ3n) is 8.88. The predicted molar refractivity (Wildman–Crippen MR) is 164 cm³/mol. The van der Waals surface area contributed by atoms with Gasteiger partial charge in [0.15, 0.2) is 0 Å². The number of rotatable bonds is 20. The van der Waals surface area contributed by atoms with Gasteiger partial charge in [-0.3, -0.25) is 4.79 Å². The van der Waals surface area contributed by atoms with Gasteiger partial charge >= 0.3 is 5.97 Å². The lowest BCUT2D eigenvalue weighted by molar-refractivity contribution is -0.143. The molecule has 3 heteroatoms. The van der Waals surface area contributed by atoms with Crippen molar-refractivity contribution < 1.29 is 14.6 Å². The van der Waals surface area contributed by atoms with E-state index >= 15 is 0 Å². The van der Waals surface area contributed by atoms with Crippen LogP contribution in [0.3, 0.4) is 0 Å². The van der Waals surface area contributed by atoms with Crippen molar-refractivity contribution in [3.63, 3.8) is 0 Å². The van der Waals surface area contributed by atoms with Crippen LogP contribution in [-0.4, -0.2) is 17.7 Å². The van der Waals surface area contributed by atoms with E-state index < -0.39 is 0 Å². The van der Waals surface area contributed by atoms with Gasteiger partial charge in [0.25, 0.3) is 0 Å². The van der Waals surface area contributed by atoms with Crippen LogP contribution in [0.25, 0.3) is 0 Å². The molecule has 0 spiro atoms. The van der Waals surface area contributed by atoms with E-state index in [2.05, 4.69) is 48.5 Å². The van der Waals surface area contributed by atoms with Crippen molar-refractivity contribution >= 4 is 5.97 Å². The highest BCUT2D eigenvalue weighted by molar-refractivity contribution is 5.69. The van der Waals surface area contributed by atoms with E-state index in [0.29, 0.717) is 25.2 Å². The highest BCUT2D eigenvalue weighted by Crippen LogP contribution is 2.60. The van der Waals surface area contributed by atoms with Gasteiger partial charge in [-0.2, -0.15) is 0 Å². The lowest BCUT2D eigenvalue weighted by Gasteiger charge is -2.54. The number of ether oxygens (including phenoxy) is 1. The van der Waals surface area contributed by atoms with Gasteiger partial charge in [0.2, 0.25) is 0 Å². The highest BCUT2D eigenvalue weighted by Gasteiger charge is 2.54. The van der Waals surface area contributed by atoms with Gasteiger partial charge in [-0.25, -0.2) is 0 Å². The molecule has 0 heterocycles. The molecule has 222 valence electrons. The molecule has 1 aliphatic rings. The first-order chi connectivity index (χ1) is 18.0. The zero-order chi connectivity index (χ0) is 28.5. The maximum atomic E-state index is 12.4. The number of aliphatic hydroxyl groups excluding tert-OH is 1. The lowest BCUT2D eigenvalue weighted by atomic mass is 9.50. The molecule has 0 bridgehead atoms. The van der Waals surface area contributed by atoms with Gasteiger partial charge in [0.05, 0.1) is 12.4 Å². The molecule has 0 atom stereocenters. The van der Waals surface area contributed by atoms with Crippen LogP contribution in [0.5, 0.6) is 0 Å². The zero-order valence-corrected chi connectivity index (χ0v) is 26.6. The fourth-order valence-electron chi connectivity index (χ4n) is 6.60. The predicted octanol–water partition coefficient (Wildman–Crippen LogP) is 11.4. The summed E-state index contributed by atoms with van der Waals surface area (Å²) in [5.41, 5.74) is 0.687. The van der Waals surface area contributed by atoms with Gasteiger partial charge in [-0.05, 0) is 36.2 Å². The summed E-state index contributed by atoms with van der Waals surface area (Å²) in [4.78, 5) is 12.4. The van der Waals surface area contributed by atoms with Crippen LogP contribution in [-0.2, 0) is 9.53 Å². The van der Waals surface area contributed by atoms with Gasteiger partial charge in [0.1, 0.15) is 0 Å². The Balaban J connectivity index is 2.08. The summed E-state index contributed by atoms with van der Waals surface area (Å²) >= 11 is 0. The Bertz CT molecular complexity index is 688. The summed E-state index contributed by atoms with van der Waals surface area (Å²) in [6, 6.07) is 0. The van der Waals surface area contributed by atoms with Gasteiger partial charge in [0, 0.05) is 11.8 Å². The molecule has 0 unspecified atom stereocenters. The molecule has 0 aromatic heterocycles. The van der Waals surface area contributed by atoms with Crippen LogP contribution < -0.4 is 0 Å². The Morgan fingerprint density at radius 2 is 1.16 bits per heavy atom. The quantitative estimate of drug-likeness (QED) is 0.125. The molecule has 0 aliphatic heterocycles. The Labute approximate surface area is 237 Å². The van der Waals surface area contributed by atoms with E-state index in [0.717, 1.165) is 19.3 Å². The molecule has 1 N–H and O–H groups in total. The number of hydrogen-bond donors (Lipinski definition) is 1. The van der Waals surface area contributed by atoms with Crippen LogP contribution in [0.15, 0.2) is 23.5 Å². The molecular formula is C35H64O3. The Morgan fingerprint density at radius 3 is 1.58 bits per heavy atom. The van der Waals surface area contributed by atoms with E-state index in [1.807, 2.05) is 12.2 Å².